The fourth-order valence-electron chi connectivity index (χ4n) is 4.55. The lowest BCUT2D eigenvalue weighted by Crippen LogP contribution is -2.67. The van der Waals surface area contributed by atoms with Gasteiger partial charge in [0, 0.05) is 24.5 Å². The summed E-state index contributed by atoms with van der Waals surface area (Å²) in [5, 5.41) is 3.51. The van der Waals surface area contributed by atoms with Gasteiger partial charge in [0.25, 0.3) is 0 Å². The Bertz CT molecular complexity index is 299. The predicted molar refractivity (Wildman–Crippen MR) is 67.0 cm³/mol. The van der Waals surface area contributed by atoms with Crippen LogP contribution in [-0.2, 0) is 4.74 Å². The summed E-state index contributed by atoms with van der Waals surface area (Å²) in [7, 11) is 0. The maximum Gasteiger partial charge on any atom is 0.0569 e. The van der Waals surface area contributed by atoms with E-state index in [1.54, 1.807) is 0 Å². The Hall–Kier alpha value is -0.120. The van der Waals surface area contributed by atoms with E-state index in [0.717, 1.165) is 24.7 Å². The van der Waals surface area contributed by atoms with Crippen LogP contribution in [0.2, 0.25) is 0 Å². The van der Waals surface area contributed by atoms with E-state index in [-0.39, 0.29) is 0 Å². The third kappa shape index (κ3) is 1.66. The quantitative estimate of drug-likeness (QED) is 0.741. The van der Waals surface area contributed by atoms with E-state index in [9.17, 15) is 0 Å². The number of nitrogens with one attached hydrogen (secondary N) is 1. The van der Waals surface area contributed by atoms with E-state index in [1.807, 2.05) is 0 Å². The molecule has 3 nitrogen and oxygen atoms in total. The molecule has 0 amide bonds. The first-order valence-corrected chi connectivity index (χ1v) is 7.32. The summed E-state index contributed by atoms with van der Waals surface area (Å²) >= 11 is 0. The Balaban J connectivity index is 1.35. The molecule has 1 atom stereocenters. The lowest BCUT2D eigenvalue weighted by atomic mass is 9.75. The van der Waals surface area contributed by atoms with Crippen molar-refractivity contribution in [2.75, 3.05) is 39.4 Å². The molecule has 0 aromatic carbocycles. The summed E-state index contributed by atoms with van der Waals surface area (Å²) in [5.74, 6) is 0. The van der Waals surface area contributed by atoms with Crippen molar-refractivity contribution < 1.29 is 4.74 Å². The van der Waals surface area contributed by atoms with Crippen molar-refractivity contribution in [2.24, 2.45) is 10.8 Å². The molecule has 3 heteroatoms. The van der Waals surface area contributed by atoms with Crippen LogP contribution in [0, 0.1) is 10.8 Å². The summed E-state index contributed by atoms with van der Waals surface area (Å²) in [6.07, 6.45) is 7.26. The lowest BCUT2D eigenvalue weighted by molar-refractivity contribution is -0.198. The number of piperidine rings is 1. The first-order chi connectivity index (χ1) is 8.29. The van der Waals surface area contributed by atoms with Gasteiger partial charge in [-0.25, -0.2) is 0 Å². The highest BCUT2D eigenvalue weighted by molar-refractivity contribution is 5.05. The molecule has 96 valence electrons. The average molecular weight is 236 g/mol. The number of hydrogen-bond donors (Lipinski definition) is 1. The van der Waals surface area contributed by atoms with Gasteiger partial charge in [-0.1, -0.05) is 0 Å². The van der Waals surface area contributed by atoms with Gasteiger partial charge in [-0.15, -0.1) is 0 Å². The van der Waals surface area contributed by atoms with Gasteiger partial charge in [0.2, 0.25) is 0 Å². The SMILES string of the molecule is C1CC2(CCN1)CCC(N1CC3(COC3)C1)C2. The van der Waals surface area contributed by atoms with Gasteiger partial charge in [0.1, 0.15) is 0 Å². The highest BCUT2D eigenvalue weighted by Gasteiger charge is 2.53. The Morgan fingerprint density at radius 3 is 2.41 bits per heavy atom. The summed E-state index contributed by atoms with van der Waals surface area (Å²) in [4.78, 5) is 2.75. The van der Waals surface area contributed by atoms with Gasteiger partial charge in [-0.05, 0) is 50.6 Å². The fourth-order valence-corrected chi connectivity index (χ4v) is 4.55. The highest BCUT2D eigenvalue weighted by atomic mass is 16.5. The first-order valence-electron chi connectivity index (χ1n) is 7.32. The molecule has 1 saturated carbocycles. The van der Waals surface area contributed by atoms with Crippen molar-refractivity contribution in [1.82, 2.24) is 10.2 Å². The molecule has 2 spiro atoms. The monoisotopic (exact) mass is 236 g/mol. The van der Waals surface area contributed by atoms with Crippen LogP contribution in [0.3, 0.4) is 0 Å². The molecule has 0 bridgehead atoms. The summed E-state index contributed by atoms with van der Waals surface area (Å²) in [6.45, 7) is 7.23. The molecule has 1 N–H and O–H groups in total. The summed E-state index contributed by atoms with van der Waals surface area (Å²) in [5.41, 5.74) is 1.32. The van der Waals surface area contributed by atoms with Crippen molar-refractivity contribution in [2.45, 2.75) is 38.1 Å². The van der Waals surface area contributed by atoms with Crippen molar-refractivity contribution in [3.63, 3.8) is 0 Å². The van der Waals surface area contributed by atoms with E-state index >= 15 is 0 Å². The van der Waals surface area contributed by atoms with E-state index in [0.29, 0.717) is 5.41 Å². The molecule has 17 heavy (non-hydrogen) atoms. The first kappa shape index (κ1) is 10.8. The lowest BCUT2D eigenvalue weighted by Gasteiger charge is -2.57. The topological polar surface area (TPSA) is 24.5 Å². The number of hydrogen-bond acceptors (Lipinski definition) is 3. The van der Waals surface area contributed by atoms with Crippen LogP contribution in [0.4, 0.5) is 0 Å². The maximum atomic E-state index is 5.37. The van der Waals surface area contributed by atoms with Crippen molar-refractivity contribution in [3.05, 3.63) is 0 Å². The van der Waals surface area contributed by atoms with Gasteiger partial charge in [-0.3, -0.25) is 4.90 Å². The summed E-state index contributed by atoms with van der Waals surface area (Å²) in [6, 6.07) is 0.902. The van der Waals surface area contributed by atoms with Crippen molar-refractivity contribution in [1.29, 1.82) is 0 Å². The predicted octanol–water partition coefficient (Wildman–Crippen LogP) is 1.24. The Labute approximate surface area is 104 Å². The Morgan fingerprint density at radius 1 is 1.00 bits per heavy atom. The molecule has 4 fully saturated rings. The molecule has 0 aromatic heterocycles. The molecular weight excluding hydrogens is 212 g/mol. The van der Waals surface area contributed by atoms with Gasteiger partial charge >= 0.3 is 0 Å². The van der Waals surface area contributed by atoms with Crippen molar-refractivity contribution >= 4 is 0 Å². The second-order valence-corrected chi connectivity index (χ2v) is 7.04. The molecule has 0 radical (unpaired) electrons. The third-order valence-corrected chi connectivity index (χ3v) is 5.75. The van der Waals surface area contributed by atoms with E-state index in [4.69, 9.17) is 4.74 Å². The zero-order chi connectivity index (χ0) is 11.3. The van der Waals surface area contributed by atoms with E-state index in [2.05, 4.69) is 10.2 Å². The van der Waals surface area contributed by atoms with Gasteiger partial charge < -0.3 is 10.1 Å². The second-order valence-electron chi connectivity index (χ2n) is 7.04. The molecule has 1 unspecified atom stereocenters. The molecule has 3 heterocycles. The van der Waals surface area contributed by atoms with Crippen LogP contribution < -0.4 is 5.32 Å². The van der Waals surface area contributed by atoms with E-state index in [1.165, 1.54) is 58.3 Å². The summed E-state index contributed by atoms with van der Waals surface area (Å²) < 4.78 is 5.37. The minimum absolute atomic E-state index is 0.601. The van der Waals surface area contributed by atoms with E-state index < -0.39 is 0 Å². The third-order valence-electron chi connectivity index (χ3n) is 5.75. The normalized spacial score (nSPS) is 39.2. The Morgan fingerprint density at radius 2 is 1.76 bits per heavy atom. The minimum Gasteiger partial charge on any atom is -0.380 e. The fraction of sp³-hybridized carbons (Fsp3) is 1.00. The molecule has 4 aliphatic rings. The number of likely N-dealkylation sites (tertiary alicyclic amines) is 1. The number of ether oxygens (including phenoxy) is 1. The number of rotatable bonds is 1. The molecule has 0 aromatic rings. The average Bonchev–Trinajstić information content (AvgIpc) is 2.59. The molecule has 3 saturated heterocycles. The van der Waals surface area contributed by atoms with Gasteiger partial charge in [0.15, 0.2) is 0 Å². The van der Waals surface area contributed by atoms with Crippen LogP contribution in [0.5, 0.6) is 0 Å². The van der Waals surface area contributed by atoms with Crippen LogP contribution in [-0.4, -0.2) is 50.3 Å². The maximum absolute atomic E-state index is 5.37. The van der Waals surface area contributed by atoms with Crippen LogP contribution >= 0.6 is 0 Å². The van der Waals surface area contributed by atoms with Crippen molar-refractivity contribution in [3.8, 4) is 0 Å². The smallest absolute Gasteiger partial charge is 0.0569 e. The van der Waals surface area contributed by atoms with Gasteiger partial charge in [0.05, 0.1) is 13.2 Å². The molecule has 1 aliphatic carbocycles. The zero-order valence-electron chi connectivity index (χ0n) is 10.7. The molecule has 3 aliphatic heterocycles. The van der Waals surface area contributed by atoms with Crippen LogP contribution in [0.15, 0.2) is 0 Å². The largest absolute Gasteiger partial charge is 0.380 e. The zero-order valence-corrected chi connectivity index (χ0v) is 10.7. The molecule has 4 rings (SSSR count). The van der Waals surface area contributed by atoms with Crippen LogP contribution in [0.1, 0.15) is 32.1 Å². The van der Waals surface area contributed by atoms with Crippen LogP contribution in [0.25, 0.3) is 0 Å². The Kier molecular flexibility index (Phi) is 2.34. The highest BCUT2D eigenvalue weighted by Crippen LogP contribution is 2.49. The molecular formula is C14H24N2O. The number of nitrogens with zero attached hydrogens (tertiary/aromatic N) is 1. The second kappa shape index (κ2) is 3.69. The standard InChI is InChI=1S/C14H24N2O/c1-2-13(3-5-15-6-4-13)7-12(1)16-8-14(9-16)10-17-11-14/h12,15H,1-11H2. The minimum atomic E-state index is 0.601. The van der Waals surface area contributed by atoms with Gasteiger partial charge in [-0.2, -0.15) is 0 Å².